The van der Waals surface area contributed by atoms with Crippen LogP contribution in [0.15, 0.2) is 261 Å². The van der Waals surface area contributed by atoms with E-state index >= 15 is 0 Å². The first kappa shape index (κ1) is 48.2. The number of para-hydroxylation sites is 1. The van der Waals surface area contributed by atoms with Crippen molar-refractivity contribution in [1.82, 2.24) is 24.5 Å². The van der Waals surface area contributed by atoms with E-state index in [1.54, 1.807) is 6.08 Å². The van der Waals surface area contributed by atoms with Crippen LogP contribution in [-0.4, -0.2) is 24.5 Å². The van der Waals surface area contributed by atoms with Crippen molar-refractivity contribution in [2.45, 2.75) is 33.1 Å². The molecule has 7 aromatic carbocycles. The van der Waals surface area contributed by atoms with E-state index in [9.17, 15) is 0 Å². The molecule has 0 atom stereocenters. The molecule has 6 nitrogen and oxygen atoms in total. The van der Waals surface area contributed by atoms with Gasteiger partial charge in [-0.2, -0.15) is 0 Å². The van der Waals surface area contributed by atoms with Gasteiger partial charge in [0.15, 0.2) is 0 Å². The summed E-state index contributed by atoms with van der Waals surface area (Å²) in [4.78, 5) is 21.6. The minimum atomic E-state index is -0.0183. The van der Waals surface area contributed by atoms with Crippen molar-refractivity contribution in [2.75, 3.05) is 5.32 Å². The summed E-state index contributed by atoms with van der Waals surface area (Å²) < 4.78 is 2.31. The van der Waals surface area contributed by atoms with Crippen molar-refractivity contribution >= 4 is 27.6 Å². The summed E-state index contributed by atoms with van der Waals surface area (Å²) in [6.07, 6.45) is 3.76. The Balaban J connectivity index is 1.11. The van der Waals surface area contributed by atoms with E-state index in [1.165, 1.54) is 16.3 Å². The Morgan fingerprint density at radius 1 is 0.403 bits per heavy atom. The van der Waals surface area contributed by atoms with E-state index in [1.807, 2.05) is 37.3 Å². The first-order valence-corrected chi connectivity index (χ1v) is 26.1. The second kappa shape index (κ2) is 20.5. The first-order valence-electron chi connectivity index (χ1n) is 26.1. The average molecular weight is 993 g/mol. The SMILES string of the molecule is C=C/C=C(\C)Nc1cc(-c2ccccc2-c2cc(-c3cc(-c4ccccc4)nc(-c4ccccc4)c3)nc(-c3cc(-c4ccccc4)nc(-c4ccccc4)c3)c2)cc(-n2c3ccccc3c3cc(C(C)(C)C)ccc32)n1. The molecule has 0 aliphatic heterocycles. The summed E-state index contributed by atoms with van der Waals surface area (Å²) in [6.45, 7) is 12.8. The third kappa shape index (κ3) is 9.88. The van der Waals surface area contributed by atoms with Crippen LogP contribution in [0.4, 0.5) is 5.82 Å². The van der Waals surface area contributed by atoms with Crippen LogP contribution in [0.5, 0.6) is 0 Å². The van der Waals surface area contributed by atoms with Gasteiger partial charge in [0.1, 0.15) is 11.6 Å². The monoisotopic (exact) mass is 992 g/mol. The molecule has 0 bridgehead atoms. The number of nitrogens with one attached hydrogen (secondary N) is 1. The Kier molecular flexibility index (Phi) is 12.8. The maximum Gasteiger partial charge on any atom is 0.140 e. The van der Waals surface area contributed by atoms with Gasteiger partial charge in [0.25, 0.3) is 0 Å². The van der Waals surface area contributed by atoms with E-state index < -0.39 is 0 Å². The number of nitrogens with zero attached hydrogens (tertiary/aromatic N) is 5. The predicted molar refractivity (Wildman–Crippen MR) is 322 cm³/mol. The largest absolute Gasteiger partial charge is 0.344 e. The summed E-state index contributed by atoms with van der Waals surface area (Å²) in [6, 6.07) is 83.3. The summed E-state index contributed by atoms with van der Waals surface area (Å²) in [5, 5.41) is 5.99. The highest BCUT2D eigenvalue weighted by atomic mass is 15.1. The Bertz CT molecular complexity index is 3910. The average Bonchev–Trinajstić information content (AvgIpc) is 3.92. The Hall–Kier alpha value is -9.78. The highest BCUT2D eigenvalue weighted by Crippen LogP contribution is 2.42. The molecule has 1 N–H and O–H groups in total. The van der Waals surface area contributed by atoms with Crippen LogP contribution >= 0.6 is 0 Å². The van der Waals surface area contributed by atoms with Crippen molar-refractivity contribution < 1.29 is 0 Å². The molecule has 12 rings (SSSR count). The molecule has 0 unspecified atom stereocenters. The zero-order chi connectivity index (χ0) is 52.5. The van der Waals surface area contributed by atoms with Crippen LogP contribution < -0.4 is 5.32 Å². The van der Waals surface area contributed by atoms with Crippen molar-refractivity contribution in [3.63, 3.8) is 0 Å². The van der Waals surface area contributed by atoms with E-state index in [-0.39, 0.29) is 5.41 Å². The molecule has 5 aromatic heterocycles. The summed E-state index contributed by atoms with van der Waals surface area (Å²) in [5.41, 5.74) is 19.5. The van der Waals surface area contributed by atoms with Crippen molar-refractivity contribution in [1.29, 1.82) is 0 Å². The lowest BCUT2D eigenvalue weighted by molar-refractivity contribution is 0.591. The Morgan fingerprint density at radius 2 is 0.805 bits per heavy atom. The van der Waals surface area contributed by atoms with Gasteiger partial charge < -0.3 is 5.32 Å². The van der Waals surface area contributed by atoms with Gasteiger partial charge in [-0.1, -0.05) is 203 Å². The Labute approximate surface area is 450 Å². The number of allylic oxidation sites excluding steroid dienone is 3. The van der Waals surface area contributed by atoms with Crippen LogP contribution in [0.1, 0.15) is 33.3 Å². The van der Waals surface area contributed by atoms with Gasteiger partial charge in [-0.05, 0) is 113 Å². The van der Waals surface area contributed by atoms with E-state index in [2.05, 4.69) is 250 Å². The van der Waals surface area contributed by atoms with Crippen molar-refractivity contribution in [3.05, 3.63) is 267 Å². The third-order valence-electron chi connectivity index (χ3n) is 14.2. The summed E-state index contributed by atoms with van der Waals surface area (Å²) in [7, 11) is 0. The summed E-state index contributed by atoms with van der Waals surface area (Å²) in [5.74, 6) is 1.52. The predicted octanol–water partition coefficient (Wildman–Crippen LogP) is 18.5. The first-order chi connectivity index (χ1) is 37.6. The zero-order valence-electron chi connectivity index (χ0n) is 43.6. The number of aromatic nitrogens is 5. The minimum Gasteiger partial charge on any atom is -0.344 e. The molecule has 5 heterocycles. The van der Waals surface area contributed by atoms with Gasteiger partial charge in [-0.25, -0.2) is 19.9 Å². The molecule has 0 spiro atoms. The van der Waals surface area contributed by atoms with Gasteiger partial charge in [0.2, 0.25) is 0 Å². The molecule has 6 heteroatoms. The lowest BCUT2D eigenvalue weighted by atomic mass is 9.86. The molecule has 370 valence electrons. The highest BCUT2D eigenvalue weighted by Gasteiger charge is 2.22. The van der Waals surface area contributed by atoms with E-state index in [0.29, 0.717) is 5.82 Å². The highest BCUT2D eigenvalue weighted by molar-refractivity contribution is 6.09. The fourth-order valence-electron chi connectivity index (χ4n) is 10.3. The minimum absolute atomic E-state index is 0.0183. The number of fused-ring (bicyclic) bond motifs is 3. The maximum absolute atomic E-state index is 5.64. The molecule has 0 fully saturated rings. The number of hydrogen-bond acceptors (Lipinski definition) is 5. The standard InChI is InChI=1S/C71H56N6/c1-6-23-47(2)72-69-44-53(45-70(76-69)77-67-35-22-21-34-59(67)60-46-56(71(3,4)5)36-37-68(60)77)58-33-20-19-32-57(58)52-38-65(54-40-61(48-24-11-7-12-25-48)73-62(41-54)49-26-13-8-14-27-49)75-66(39-52)55-42-63(50-28-15-9-16-29-50)74-64(43-55)51-30-17-10-18-31-51/h6-46H,1H2,2-5H3,(H,72,76)/b47-23+. The normalized spacial score (nSPS) is 11.8. The van der Waals surface area contributed by atoms with Crippen LogP contribution in [0.3, 0.4) is 0 Å². The van der Waals surface area contributed by atoms with Gasteiger partial charge in [0.05, 0.1) is 45.2 Å². The maximum atomic E-state index is 5.64. The quantitative estimate of drug-likeness (QED) is 0.124. The van der Waals surface area contributed by atoms with Gasteiger partial charge in [-0.15, -0.1) is 0 Å². The third-order valence-corrected chi connectivity index (χ3v) is 14.2. The Morgan fingerprint density at radius 3 is 1.27 bits per heavy atom. The zero-order valence-corrected chi connectivity index (χ0v) is 43.6. The lowest BCUT2D eigenvalue weighted by Crippen LogP contribution is -2.10. The second-order valence-corrected chi connectivity index (χ2v) is 20.5. The number of rotatable bonds is 12. The molecule has 0 amide bonds. The molecule has 0 saturated carbocycles. The van der Waals surface area contributed by atoms with E-state index in [0.717, 1.165) is 112 Å². The fourth-order valence-corrected chi connectivity index (χ4v) is 10.3. The van der Waals surface area contributed by atoms with Gasteiger partial charge >= 0.3 is 0 Å². The molecule has 12 aromatic rings. The number of hydrogen-bond donors (Lipinski definition) is 1. The molecule has 0 aliphatic carbocycles. The number of anilines is 1. The van der Waals surface area contributed by atoms with Crippen LogP contribution in [0.25, 0.3) is 117 Å². The second-order valence-electron chi connectivity index (χ2n) is 20.5. The van der Waals surface area contributed by atoms with Crippen LogP contribution in [0.2, 0.25) is 0 Å². The molecule has 0 aliphatic rings. The smallest absolute Gasteiger partial charge is 0.140 e. The lowest BCUT2D eigenvalue weighted by Gasteiger charge is -2.19. The topological polar surface area (TPSA) is 68.5 Å². The molecule has 0 radical (unpaired) electrons. The molecular formula is C71H56N6. The number of pyridine rings is 4. The van der Waals surface area contributed by atoms with E-state index in [4.69, 9.17) is 19.9 Å². The fraction of sp³-hybridized carbons (Fsp3) is 0.0704. The summed E-state index contributed by atoms with van der Waals surface area (Å²) >= 11 is 0. The van der Waals surface area contributed by atoms with Crippen molar-refractivity contribution in [3.8, 4) is 95.6 Å². The van der Waals surface area contributed by atoms with Crippen LogP contribution in [0, 0.1) is 0 Å². The van der Waals surface area contributed by atoms with Gasteiger partial charge in [-0.3, -0.25) is 4.57 Å². The molecule has 77 heavy (non-hydrogen) atoms. The number of benzene rings is 7. The van der Waals surface area contributed by atoms with Gasteiger partial charge in [0, 0.05) is 49.9 Å². The molecule has 0 saturated heterocycles. The van der Waals surface area contributed by atoms with Crippen LogP contribution in [-0.2, 0) is 5.41 Å². The van der Waals surface area contributed by atoms with Crippen molar-refractivity contribution in [2.24, 2.45) is 0 Å². The molecular weight excluding hydrogens is 937 g/mol.